The molecular formula is C21H23NO5S. The first kappa shape index (κ1) is 18.9. The summed E-state index contributed by atoms with van der Waals surface area (Å²) < 4.78 is 34.0. The highest BCUT2D eigenvalue weighted by atomic mass is 32.2. The fraction of sp³-hybridized carbons (Fsp3) is 0.429. The zero-order valence-electron chi connectivity index (χ0n) is 15.8. The number of rotatable bonds is 4. The van der Waals surface area contributed by atoms with Gasteiger partial charge in [-0.25, -0.2) is 0 Å². The number of fused-ring (bicyclic) bond motifs is 3. The van der Waals surface area contributed by atoms with Crippen molar-refractivity contribution in [3.8, 4) is 5.75 Å². The van der Waals surface area contributed by atoms with Crippen molar-refractivity contribution in [2.75, 3.05) is 6.26 Å². The topological polar surface area (TPSA) is 85.9 Å². The molecule has 7 heteroatoms. The molecule has 1 aliphatic carbocycles. The number of para-hydroxylation sites is 1. The molecule has 1 fully saturated rings. The molecule has 0 spiro atoms. The molecule has 1 unspecified atom stereocenters. The monoisotopic (exact) mass is 401 g/mol. The molecule has 2 aromatic rings. The summed E-state index contributed by atoms with van der Waals surface area (Å²) in [5.74, 6) is 0.00747. The molecular weight excluding hydrogens is 378 g/mol. The van der Waals surface area contributed by atoms with Gasteiger partial charge in [-0.2, -0.15) is 8.42 Å². The van der Waals surface area contributed by atoms with E-state index in [0.717, 1.165) is 55.3 Å². The zero-order chi connectivity index (χ0) is 19.8. The average Bonchev–Trinajstić information content (AvgIpc) is 2.91. The van der Waals surface area contributed by atoms with Gasteiger partial charge in [0.15, 0.2) is 5.76 Å². The van der Waals surface area contributed by atoms with Gasteiger partial charge in [0.25, 0.3) is 0 Å². The molecule has 6 nitrogen and oxygen atoms in total. The van der Waals surface area contributed by atoms with Crippen molar-refractivity contribution in [2.24, 2.45) is 4.99 Å². The lowest BCUT2D eigenvalue weighted by atomic mass is 9.68. The Kier molecular flexibility index (Phi) is 4.87. The van der Waals surface area contributed by atoms with E-state index in [1.54, 1.807) is 0 Å². The van der Waals surface area contributed by atoms with E-state index in [1.807, 2.05) is 18.2 Å². The highest BCUT2D eigenvalue weighted by molar-refractivity contribution is 7.86. The fourth-order valence-electron chi connectivity index (χ4n) is 4.40. The first-order valence-corrected chi connectivity index (χ1v) is 11.4. The number of hydrogen-bond acceptors (Lipinski definition) is 6. The van der Waals surface area contributed by atoms with Crippen molar-refractivity contribution in [3.63, 3.8) is 0 Å². The summed E-state index contributed by atoms with van der Waals surface area (Å²) in [5.41, 5.74) is 2.25. The Morgan fingerprint density at radius 3 is 2.75 bits per heavy atom. The van der Waals surface area contributed by atoms with Crippen LogP contribution in [0.2, 0.25) is 0 Å². The lowest BCUT2D eigenvalue weighted by Crippen LogP contribution is -2.37. The van der Waals surface area contributed by atoms with E-state index in [4.69, 9.17) is 13.6 Å². The van der Waals surface area contributed by atoms with Crippen LogP contribution >= 0.6 is 0 Å². The SMILES string of the molecule is CS(=O)(=O)Oc1c(CC23CCCCCCC2=Nc2ccccc23)occc1=O. The highest BCUT2D eigenvalue weighted by Crippen LogP contribution is 2.48. The molecule has 1 saturated carbocycles. The van der Waals surface area contributed by atoms with Crippen LogP contribution in [0.1, 0.15) is 49.8 Å². The quantitative estimate of drug-likeness (QED) is 0.725. The van der Waals surface area contributed by atoms with Crippen LogP contribution in [0.5, 0.6) is 5.75 Å². The van der Waals surface area contributed by atoms with E-state index in [1.165, 1.54) is 18.8 Å². The van der Waals surface area contributed by atoms with Crippen LogP contribution < -0.4 is 9.61 Å². The van der Waals surface area contributed by atoms with Crippen molar-refractivity contribution in [1.29, 1.82) is 0 Å². The molecule has 1 aromatic heterocycles. The fourth-order valence-corrected chi connectivity index (χ4v) is 4.87. The van der Waals surface area contributed by atoms with Gasteiger partial charge in [0.05, 0.1) is 18.2 Å². The second-order valence-electron chi connectivity index (χ2n) is 7.57. The van der Waals surface area contributed by atoms with Gasteiger partial charge in [-0.05, 0) is 30.9 Å². The van der Waals surface area contributed by atoms with Gasteiger partial charge in [-0.3, -0.25) is 9.79 Å². The molecule has 148 valence electrons. The van der Waals surface area contributed by atoms with Crippen LogP contribution in [-0.4, -0.2) is 20.4 Å². The summed E-state index contributed by atoms with van der Waals surface area (Å²) in [6.45, 7) is 0. The Morgan fingerprint density at radius 2 is 1.93 bits per heavy atom. The van der Waals surface area contributed by atoms with E-state index in [2.05, 4.69) is 6.07 Å². The van der Waals surface area contributed by atoms with E-state index < -0.39 is 21.0 Å². The van der Waals surface area contributed by atoms with E-state index in [-0.39, 0.29) is 11.5 Å². The Hall–Kier alpha value is -2.41. The molecule has 0 N–H and O–H groups in total. The third-order valence-electron chi connectivity index (χ3n) is 5.60. The zero-order valence-corrected chi connectivity index (χ0v) is 16.6. The molecule has 1 atom stereocenters. The molecule has 28 heavy (non-hydrogen) atoms. The predicted octanol–water partition coefficient (Wildman–Crippen LogP) is 3.90. The highest BCUT2D eigenvalue weighted by Gasteiger charge is 2.44. The molecule has 0 radical (unpaired) electrons. The Morgan fingerprint density at radius 1 is 1.14 bits per heavy atom. The summed E-state index contributed by atoms with van der Waals surface area (Å²) in [6.07, 6.45) is 8.75. The van der Waals surface area contributed by atoms with E-state index >= 15 is 0 Å². The standard InChI is InChI=1S/C21H23NO5S/c1-28(24,25)27-20-17(23)11-13-26-18(20)14-21-12-7-3-2-4-10-19(21)22-16-9-6-5-8-15(16)21/h5-6,8-9,11,13H,2-4,7,10,12,14H2,1H3. The van der Waals surface area contributed by atoms with Crippen LogP contribution in [0.3, 0.4) is 0 Å². The molecule has 4 rings (SSSR count). The summed E-state index contributed by atoms with van der Waals surface area (Å²) in [6, 6.07) is 9.22. The third kappa shape index (κ3) is 3.51. The third-order valence-corrected chi connectivity index (χ3v) is 6.07. The molecule has 2 aliphatic rings. The number of benzene rings is 1. The summed E-state index contributed by atoms with van der Waals surface area (Å²) in [5, 5.41) is 0. The van der Waals surface area contributed by atoms with Crippen LogP contribution in [0.4, 0.5) is 5.69 Å². The Labute approximate surface area is 164 Å². The van der Waals surface area contributed by atoms with Crippen molar-refractivity contribution >= 4 is 21.5 Å². The van der Waals surface area contributed by atoms with Gasteiger partial charge in [0, 0.05) is 23.6 Å². The van der Waals surface area contributed by atoms with Gasteiger partial charge in [-0.1, -0.05) is 37.5 Å². The van der Waals surface area contributed by atoms with Crippen molar-refractivity contribution < 1.29 is 17.0 Å². The average molecular weight is 401 g/mol. The second-order valence-corrected chi connectivity index (χ2v) is 9.15. The molecule has 0 bridgehead atoms. The van der Waals surface area contributed by atoms with Crippen molar-refractivity contribution in [2.45, 2.75) is 50.4 Å². The van der Waals surface area contributed by atoms with E-state index in [9.17, 15) is 13.2 Å². The first-order valence-electron chi connectivity index (χ1n) is 9.57. The number of aliphatic imine (C=N–C) groups is 1. The second kappa shape index (κ2) is 7.20. The maximum atomic E-state index is 12.3. The predicted molar refractivity (Wildman–Crippen MR) is 107 cm³/mol. The number of nitrogens with zero attached hydrogens (tertiary/aromatic N) is 1. The molecule has 0 amide bonds. The van der Waals surface area contributed by atoms with E-state index in [0.29, 0.717) is 6.42 Å². The Balaban J connectivity index is 1.84. The smallest absolute Gasteiger partial charge is 0.306 e. The first-order chi connectivity index (χ1) is 13.4. The lowest BCUT2D eigenvalue weighted by Gasteiger charge is -2.34. The van der Waals surface area contributed by atoms with Gasteiger partial charge in [0.1, 0.15) is 0 Å². The van der Waals surface area contributed by atoms with Crippen LogP contribution in [0.15, 0.2) is 50.8 Å². The van der Waals surface area contributed by atoms with Crippen LogP contribution in [-0.2, 0) is 22.0 Å². The maximum Gasteiger partial charge on any atom is 0.306 e. The lowest BCUT2D eigenvalue weighted by molar-refractivity contribution is 0.383. The minimum Gasteiger partial charge on any atom is -0.465 e. The molecule has 1 aliphatic heterocycles. The van der Waals surface area contributed by atoms with Gasteiger partial charge < -0.3 is 8.60 Å². The summed E-state index contributed by atoms with van der Waals surface area (Å²) in [7, 11) is -3.85. The van der Waals surface area contributed by atoms with Crippen LogP contribution in [0.25, 0.3) is 0 Å². The van der Waals surface area contributed by atoms with Gasteiger partial charge in [-0.15, -0.1) is 0 Å². The molecule has 1 aromatic carbocycles. The largest absolute Gasteiger partial charge is 0.465 e. The van der Waals surface area contributed by atoms with Gasteiger partial charge >= 0.3 is 10.1 Å². The number of hydrogen-bond donors (Lipinski definition) is 0. The molecule has 2 heterocycles. The van der Waals surface area contributed by atoms with Crippen molar-refractivity contribution in [3.05, 3.63) is 58.1 Å². The van der Waals surface area contributed by atoms with Gasteiger partial charge in [0.2, 0.25) is 11.2 Å². The van der Waals surface area contributed by atoms with Crippen LogP contribution in [0, 0.1) is 0 Å². The molecule has 0 saturated heterocycles. The minimum atomic E-state index is -3.85. The van der Waals surface area contributed by atoms with Crippen molar-refractivity contribution in [1.82, 2.24) is 0 Å². The maximum absolute atomic E-state index is 12.3. The normalized spacial score (nSPS) is 21.8. The minimum absolute atomic E-state index is 0.245. The summed E-state index contributed by atoms with van der Waals surface area (Å²) >= 11 is 0. The Bertz CT molecular complexity index is 1090. The summed E-state index contributed by atoms with van der Waals surface area (Å²) in [4.78, 5) is 17.2.